The predicted octanol–water partition coefficient (Wildman–Crippen LogP) is 3.48. The Bertz CT molecular complexity index is 731. The van der Waals surface area contributed by atoms with Crippen LogP contribution in [0.25, 0.3) is 0 Å². The monoisotopic (exact) mass is 374 g/mol. The molecule has 0 bridgehead atoms. The van der Waals surface area contributed by atoms with Crippen LogP contribution in [0, 0.1) is 5.82 Å². The van der Waals surface area contributed by atoms with Gasteiger partial charge in [-0.3, -0.25) is 4.79 Å². The summed E-state index contributed by atoms with van der Waals surface area (Å²) < 4.78 is 24.2. The van der Waals surface area contributed by atoms with Crippen molar-refractivity contribution in [2.24, 2.45) is 0 Å². The molecule has 0 radical (unpaired) electrons. The van der Waals surface area contributed by atoms with Crippen molar-refractivity contribution in [3.8, 4) is 11.5 Å². The van der Waals surface area contributed by atoms with Crippen molar-refractivity contribution in [3.05, 3.63) is 59.4 Å². The summed E-state index contributed by atoms with van der Waals surface area (Å²) in [6.07, 6.45) is 0. The van der Waals surface area contributed by atoms with Crippen molar-refractivity contribution in [2.45, 2.75) is 20.4 Å². The van der Waals surface area contributed by atoms with Crippen LogP contribution in [0.3, 0.4) is 0 Å². The summed E-state index contributed by atoms with van der Waals surface area (Å²) in [5.74, 6) is 0.683. The molecule has 0 aromatic heterocycles. The molecular formula is C21H27FN2O3. The van der Waals surface area contributed by atoms with Crippen molar-refractivity contribution in [1.82, 2.24) is 10.2 Å². The normalized spacial score (nSPS) is 10.7. The van der Waals surface area contributed by atoms with Gasteiger partial charge in [-0.15, -0.1) is 0 Å². The predicted molar refractivity (Wildman–Crippen MR) is 104 cm³/mol. The Labute approximate surface area is 160 Å². The summed E-state index contributed by atoms with van der Waals surface area (Å²) >= 11 is 0. The second-order valence-electron chi connectivity index (χ2n) is 6.05. The molecule has 5 nitrogen and oxygen atoms in total. The van der Waals surface area contributed by atoms with E-state index in [2.05, 4.69) is 24.1 Å². The lowest BCUT2D eigenvalue weighted by Gasteiger charge is -2.19. The van der Waals surface area contributed by atoms with Crippen LogP contribution in [0.5, 0.6) is 11.5 Å². The highest BCUT2D eigenvalue weighted by Crippen LogP contribution is 2.28. The lowest BCUT2D eigenvalue weighted by atomic mass is 10.1. The third kappa shape index (κ3) is 6.25. The summed E-state index contributed by atoms with van der Waals surface area (Å²) in [5, 5.41) is 2.81. The van der Waals surface area contributed by atoms with Crippen molar-refractivity contribution >= 4 is 5.91 Å². The van der Waals surface area contributed by atoms with Gasteiger partial charge in [0, 0.05) is 18.7 Å². The average molecular weight is 374 g/mol. The minimum Gasteiger partial charge on any atom is -0.493 e. The van der Waals surface area contributed by atoms with Crippen molar-refractivity contribution < 1.29 is 18.7 Å². The number of nitrogens with one attached hydrogen (secondary N) is 1. The number of ether oxygens (including phenoxy) is 2. The zero-order valence-corrected chi connectivity index (χ0v) is 16.1. The maximum absolute atomic E-state index is 12.9. The molecule has 146 valence electrons. The van der Waals surface area contributed by atoms with Gasteiger partial charge in [-0.1, -0.05) is 19.9 Å². The van der Waals surface area contributed by atoms with Gasteiger partial charge in [-0.25, -0.2) is 4.39 Å². The van der Waals surface area contributed by atoms with Crippen LogP contribution in [0.15, 0.2) is 42.5 Å². The smallest absolute Gasteiger partial charge is 0.251 e. The number of carbonyl (C=O) groups is 1. The molecule has 0 atom stereocenters. The van der Waals surface area contributed by atoms with E-state index in [-0.39, 0.29) is 11.7 Å². The van der Waals surface area contributed by atoms with Crippen LogP contribution < -0.4 is 14.8 Å². The SMILES string of the molecule is CCN(CC)CCOc1ccc(CNC(=O)c2ccc(F)cc2)cc1OC. The van der Waals surface area contributed by atoms with E-state index >= 15 is 0 Å². The van der Waals surface area contributed by atoms with Gasteiger partial charge in [0.2, 0.25) is 0 Å². The molecule has 0 fully saturated rings. The van der Waals surface area contributed by atoms with Gasteiger partial charge in [0.05, 0.1) is 7.11 Å². The number of halogens is 1. The minimum atomic E-state index is -0.368. The molecule has 0 aliphatic heterocycles. The number of carbonyl (C=O) groups excluding carboxylic acids is 1. The van der Waals surface area contributed by atoms with Crippen LogP contribution in [0.2, 0.25) is 0 Å². The van der Waals surface area contributed by atoms with Gasteiger partial charge < -0.3 is 19.7 Å². The molecule has 0 saturated carbocycles. The number of hydrogen-bond donors (Lipinski definition) is 1. The minimum absolute atomic E-state index is 0.256. The molecule has 2 rings (SSSR count). The highest BCUT2D eigenvalue weighted by Gasteiger charge is 2.09. The number of methoxy groups -OCH3 is 1. The van der Waals surface area contributed by atoms with Gasteiger partial charge in [-0.2, -0.15) is 0 Å². The van der Waals surface area contributed by atoms with Crippen LogP contribution in [-0.2, 0) is 6.54 Å². The number of amides is 1. The molecule has 27 heavy (non-hydrogen) atoms. The van der Waals surface area contributed by atoms with E-state index in [1.165, 1.54) is 24.3 Å². The Kier molecular flexibility index (Phi) is 8.07. The number of likely N-dealkylation sites (N-methyl/N-ethyl adjacent to an activating group) is 1. The van der Waals surface area contributed by atoms with Gasteiger partial charge >= 0.3 is 0 Å². The quantitative estimate of drug-likeness (QED) is 0.692. The second kappa shape index (κ2) is 10.5. The highest BCUT2D eigenvalue weighted by atomic mass is 19.1. The third-order valence-electron chi connectivity index (χ3n) is 4.35. The number of hydrogen-bond acceptors (Lipinski definition) is 4. The Balaban J connectivity index is 1.92. The van der Waals surface area contributed by atoms with E-state index < -0.39 is 0 Å². The first kappa shape index (κ1) is 20.7. The Morgan fingerprint density at radius 1 is 1.07 bits per heavy atom. The molecule has 2 aromatic carbocycles. The summed E-state index contributed by atoms with van der Waals surface area (Å²) in [4.78, 5) is 14.4. The van der Waals surface area contributed by atoms with Crippen molar-refractivity contribution in [2.75, 3.05) is 33.4 Å². The molecule has 0 aliphatic carbocycles. The molecule has 6 heteroatoms. The maximum Gasteiger partial charge on any atom is 0.251 e. The van der Waals surface area contributed by atoms with Crippen LogP contribution in [-0.4, -0.2) is 44.2 Å². The zero-order chi connectivity index (χ0) is 19.6. The van der Waals surface area contributed by atoms with Gasteiger partial charge in [0.25, 0.3) is 5.91 Å². The first-order valence-corrected chi connectivity index (χ1v) is 9.13. The molecule has 1 amide bonds. The standard InChI is InChI=1S/C21H27FN2O3/c1-4-24(5-2)12-13-27-19-11-6-16(14-20(19)26-3)15-23-21(25)17-7-9-18(22)10-8-17/h6-11,14H,4-5,12-13,15H2,1-3H3,(H,23,25). The fraction of sp³-hybridized carbons (Fsp3) is 0.381. The number of rotatable bonds is 10. The topological polar surface area (TPSA) is 50.8 Å². The molecule has 1 N–H and O–H groups in total. The van der Waals surface area contributed by atoms with E-state index in [9.17, 15) is 9.18 Å². The molecule has 0 aliphatic rings. The molecule has 2 aromatic rings. The molecule has 0 spiro atoms. The first-order valence-electron chi connectivity index (χ1n) is 9.13. The van der Waals surface area contributed by atoms with Crippen LogP contribution >= 0.6 is 0 Å². The lowest BCUT2D eigenvalue weighted by molar-refractivity contribution is 0.0951. The lowest BCUT2D eigenvalue weighted by Crippen LogP contribution is -2.28. The maximum atomic E-state index is 12.9. The summed E-state index contributed by atoms with van der Waals surface area (Å²) in [6, 6.07) is 11.0. The largest absolute Gasteiger partial charge is 0.493 e. The summed E-state index contributed by atoms with van der Waals surface area (Å²) in [6.45, 7) is 8.00. The average Bonchev–Trinajstić information content (AvgIpc) is 2.70. The molecule has 0 unspecified atom stereocenters. The highest BCUT2D eigenvalue weighted by molar-refractivity contribution is 5.94. The third-order valence-corrected chi connectivity index (χ3v) is 4.35. The van der Waals surface area contributed by atoms with Crippen LogP contribution in [0.4, 0.5) is 4.39 Å². The molecular weight excluding hydrogens is 347 g/mol. The summed E-state index contributed by atoms with van der Waals surface area (Å²) in [5.41, 5.74) is 1.30. The summed E-state index contributed by atoms with van der Waals surface area (Å²) in [7, 11) is 1.59. The van der Waals surface area contributed by atoms with E-state index in [1.54, 1.807) is 7.11 Å². The van der Waals surface area contributed by atoms with Crippen molar-refractivity contribution in [3.63, 3.8) is 0 Å². The first-order chi connectivity index (χ1) is 13.1. The van der Waals surface area contributed by atoms with Gasteiger partial charge in [-0.05, 0) is 55.1 Å². The van der Waals surface area contributed by atoms with E-state index in [4.69, 9.17) is 9.47 Å². The van der Waals surface area contributed by atoms with Crippen molar-refractivity contribution in [1.29, 1.82) is 0 Å². The number of benzene rings is 2. The second-order valence-corrected chi connectivity index (χ2v) is 6.05. The zero-order valence-electron chi connectivity index (χ0n) is 16.1. The fourth-order valence-electron chi connectivity index (χ4n) is 2.65. The number of nitrogens with zero attached hydrogens (tertiary/aromatic N) is 1. The fourth-order valence-corrected chi connectivity index (χ4v) is 2.65. The Morgan fingerprint density at radius 3 is 2.41 bits per heavy atom. The van der Waals surface area contributed by atoms with E-state index in [0.29, 0.717) is 30.2 Å². The Hall–Kier alpha value is -2.60. The van der Waals surface area contributed by atoms with E-state index in [0.717, 1.165) is 25.2 Å². The van der Waals surface area contributed by atoms with Gasteiger partial charge in [0.15, 0.2) is 11.5 Å². The van der Waals surface area contributed by atoms with E-state index in [1.807, 2.05) is 18.2 Å². The molecule has 0 saturated heterocycles. The Morgan fingerprint density at radius 2 is 1.78 bits per heavy atom. The molecule has 0 heterocycles. The van der Waals surface area contributed by atoms with Crippen LogP contribution in [0.1, 0.15) is 29.8 Å². The van der Waals surface area contributed by atoms with Gasteiger partial charge in [0.1, 0.15) is 12.4 Å².